The van der Waals surface area contributed by atoms with Gasteiger partial charge in [-0.2, -0.15) is 0 Å². The summed E-state index contributed by atoms with van der Waals surface area (Å²) in [5, 5.41) is 2.48. The molecule has 4 aromatic rings. The van der Waals surface area contributed by atoms with E-state index in [9.17, 15) is 9.18 Å². The van der Waals surface area contributed by atoms with Crippen molar-refractivity contribution in [2.45, 2.75) is 0 Å². The van der Waals surface area contributed by atoms with Crippen molar-refractivity contribution in [1.29, 1.82) is 0 Å². The van der Waals surface area contributed by atoms with Gasteiger partial charge in [-0.25, -0.2) is 9.37 Å². The summed E-state index contributed by atoms with van der Waals surface area (Å²) in [6.45, 7) is 0. The standard InChI is InChI=1S/C18H10ClFN2OS/c19-12-3-7-14(8-4-12)22-10-21-16-15(9-24-17(16)18(22)23)11-1-5-13(20)6-2-11/h1-10H. The number of nitrogens with zero attached hydrogens (tertiary/aromatic N) is 2. The number of hydrogen-bond acceptors (Lipinski definition) is 3. The summed E-state index contributed by atoms with van der Waals surface area (Å²) < 4.78 is 15.2. The van der Waals surface area contributed by atoms with Crippen LogP contribution in [-0.4, -0.2) is 9.55 Å². The Morgan fingerprint density at radius 2 is 1.75 bits per heavy atom. The molecule has 0 saturated carbocycles. The van der Waals surface area contributed by atoms with Crippen molar-refractivity contribution in [2.24, 2.45) is 0 Å². The highest BCUT2D eigenvalue weighted by Crippen LogP contribution is 2.31. The largest absolute Gasteiger partial charge is 0.275 e. The van der Waals surface area contributed by atoms with Crippen LogP contribution in [0.15, 0.2) is 65.0 Å². The fourth-order valence-corrected chi connectivity index (χ4v) is 3.61. The first kappa shape index (κ1) is 15.1. The molecule has 0 N–H and O–H groups in total. The van der Waals surface area contributed by atoms with Crippen molar-refractivity contribution in [2.75, 3.05) is 0 Å². The van der Waals surface area contributed by atoms with Crippen LogP contribution in [0.3, 0.4) is 0 Å². The van der Waals surface area contributed by atoms with E-state index in [1.165, 1.54) is 34.4 Å². The minimum atomic E-state index is -0.295. The molecule has 0 aliphatic rings. The molecule has 0 unspecified atom stereocenters. The Kier molecular flexibility index (Phi) is 3.67. The van der Waals surface area contributed by atoms with E-state index in [2.05, 4.69) is 4.98 Å². The lowest BCUT2D eigenvalue weighted by molar-refractivity contribution is 0.628. The number of hydrogen-bond donors (Lipinski definition) is 0. The summed E-state index contributed by atoms with van der Waals surface area (Å²) in [5.41, 5.74) is 2.85. The number of halogens is 2. The van der Waals surface area contributed by atoms with Crippen LogP contribution in [-0.2, 0) is 0 Å². The van der Waals surface area contributed by atoms with Gasteiger partial charge in [-0.1, -0.05) is 23.7 Å². The second-order valence-corrected chi connectivity index (χ2v) is 6.55. The summed E-state index contributed by atoms with van der Waals surface area (Å²) in [6, 6.07) is 13.2. The van der Waals surface area contributed by atoms with Crippen LogP contribution in [0.1, 0.15) is 0 Å². The fourth-order valence-electron chi connectivity index (χ4n) is 2.53. The van der Waals surface area contributed by atoms with E-state index in [0.29, 0.717) is 20.9 Å². The smallest absolute Gasteiger partial charge is 0.267 e. The van der Waals surface area contributed by atoms with E-state index in [-0.39, 0.29) is 11.4 Å². The van der Waals surface area contributed by atoms with Crippen LogP contribution >= 0.6 is 22.9 Å². The number of benzene rings is 2. The van der Waals surface area contributed by atoms with Crippen molar-refractivity contribution in [3.63, 3.8) is 0 Å². The van der Waals surface area contributed by atoms with E-state index in [1.807, 2.05) is 5.38 Å². The maximum absolute atomic E-state index is 13.1. The molecule has 0 bridgehead atoms. The van der Waals surface area contributed by atoms with E-state index in [1.54, 1.807) is 36.4 Å². The molecule has 118 valence electrons. The first-order valence-corrected chi connectivity index (χ1v) is 8.40. The Bertz CT molecular complexity index is 1080. The predicted octanol–water partition coefficient (Wildman–Crippen LogP) is 4.91. The number of thiophene rings is 1. The van der Waals surface area contributed by atoms with Crippen LogP contribution < -0.4 is 5.56 Å². The molecule has 0 fully saturated rings. The Labute approximate surface area is 145 Å². The zero-order valence-corrected chi connectivity index (χ0v) is 13.8. The van der Waals surface area contributed by atoms with Gasteiger partial charge in [0.15, 0.2) is 0 Å². The van der Waals surface area contributed by atoms with Gasteiger partial charge in [-0.05, 0) is 42.0 Å². The minimum Gasteiger partial charge on any atom is -0.267 e. The van der Waals surface area contributed by atoms with Gasteiger partial charge in [-0.3, -0.25) is 9.36 Å². The monoisotopic (exact) mass is 356 g/mol. The zero-order chi connectivity index (χ0) is 16.7. The van der Waals surface area contributed by atoms with Crippen molar-refractivity contribution in [1.82, 2.24) is 9.55 Å². The Morgan fingerprint density at radius 3 is 2.46 bits per heavy atom. The molecular formula is C18H10ClFN2OS. The summed E-state index contributed by atoms with van der Waals surface area (Å²) in [4.78, 5) is 17.2. The fraction of sp³-hybridized carbons (Fsp3) is 0. The lowest BCUT2D eigenvalue weighted by atomic mass is 10.1. The molecule has 0 amide bonds. The van der Waals surface area contributed by atoms with Gasteiger partial charge in [0.1, 0.15) is 16.8 Å². The second-order valence-electron chi connectivity index (χ2n) is 5.23. The van der Waals surface area contributed by atoms with Crippen LogP contribution in [0.25, 0.3) is 27.0 Å². The zero-order valence-electron chi connectivity index (χ0n) is 12.2. The molecule has 3 nitrogen and oxygen atoms in total. The summed E-state index contributed by atoms with van der Waals surface area (Å²) >= 11 is 7.22. The molecule has 24 heavy (non-hydrogen) atoms. The number of rotatable bonds is 2. The van der Waals surface area contributed by atoms with Gasteiger partial charge in [0.25, 0.3) is 5.56 Å². The second kappa shape index (κ2) is 5.85. The highest BCUT2D eigenvalue weighted by atomic mass is 35.5. The molecule has 4 rings (SSSR count). The Hall–Kier alpha value is -2.50. The van der Waals surface area contributed by atoms with Gasteiger partial charge in [0.2, 0.25) is 0 Å². The van der Waals surface area contributed by atoms with Gasteiger partial charge in [0, 0.05) is 16.0 Å². The molecule has 2 heterocycles. The SMILES string of the molecule is O=c1c2scc(-c3ccc(F)cc3)c2ncn1-c1ccc(Cl)cc1. The molecule has 0 saturated heterocycles. The van der Waals surface area contributed by atoms with E-state index >= 15 is 0 Å². The maximum atomic E-state index is 13.1. The van der Waals surface area contributed by atoms with E-state index < -0.39 is 0 Å². The lowest BCUT2D eigenvalue weighted by Crippen LogP contribution is -2.17. The molecular weight excluding hydrogens is 347 g/mol. The summed E-state index contributed by atoms with van der Waals surface area (Å²) in [6.07, 6.45) is 1.51. The molecule has 6 heteroatoms. The maximum Gasteiger partial charge on any atom is 0.275 e. The van der Waals surface area contributed by atoms with Crippen molar-refractivity contribution in [3.8, 4) is 16.8 Å². The molecule has 0 aliphatic carbocycles. The van der Waals surface area contributed by atoms with Gasteiger partial charge in [0.05, 0.1) is 11.2 Å². The van der Waals surface area contributed by atoms with Gasteiger partial charge in [-0.15, -0.1) is 11.3 Å². The van der Waals surface area contributed by atoms with Crippen LogP contribution in [0, 0.1) is 5.82 Å². The Balaban J connectivity index is 1.88. The minimum absolute atomic E-state index is 0.138. The van der Waals surface area contributed by atoms with Gasteiger partial charge >= 0.3 is 0 Å². The molecule has 2 aromatic carbocycles. The topological polar surface area (TPSA) is 34.9 Å². The predicted molar refractivity (Wildman–Crippen MR) is 95.6 cm³/mol. The van der Waals surface area contributed by atoms with E-state index in [4.69, 9.17) is 11.6 Å². The first-order chi connectivity index (χ1) is 11.6. The van der Waals surface area contributed by atoms with Crippen molar-refractivity contribution < 1.29 is 4.39 Å². The van der Waals surface area contributed by atoms with Crippen LogP contribution in [0.2, 0.25) is 5.02 Å². The lowest BCUT2D eigenvalue weighted by Gasteiger charge is -2.05. The average Bonchev–Trinajstić information content (AvgIpc) is 3.02. The van der Waals surface area contributed by atoms with Crippen molar-refractivity contribution in [3.05, 3.63) is 81.4 Å². The molecule has 0 atom stereocenters. The highest BCUT2D eigenvalue weighted by molar-refractivity contribution is 7.17. The van der Waals surface area contributed by atoms with Crippen molar-refractivity contribution >= 4 is 33.2 Å². The third-order valence-electron chi connectivity index (χ3n) is 3.74. The third-order valence-corrected chi connectivity index (χ3v) is 4.95. The van der Waals surface area contributed by atoms with Crippen LogP contribution in [0.5, 0.6) is 0 Å². The average molecular weight is 357 g/mol. The third kappa shape index (κ3) is 2.52. The summed E-state index contributed by atoms with van der Waals surface area (Å²) in [5.74, 6) is -0.295. The molecule has 0 aliphatic heterocycles. The number of aromatic nitrogens is 2. The Morgan fingerprint density at radius 1 is 1.04 bits per heavy atom. The molecule has 0 radical (unpaired) electrons. The van der Waals surface area contributed by atoms with Gasteiger partial charge < -0.3 is 0 Å². The highest BCUT2D eigenvalue weighted by Gasteiger charge is 2.13. The van der Waals surface area contributed by atoms with E-state index in [0.717, 1.165) is 11.1 Å². The molecule has 0 spiro atoms. The first-order valence-electron chi connectivity index (χ1n) is 7.14. The molecule has 2 aromatic heterocycles. The normalized spacial score (nSPS) is 11.1. The number of fused-ring (bicyclic) bond motifs is 1. The van der Waals surface area contributed by atoms with Crippen LogP contribution in [0.4, 0.5) is 4.39 Å². The summed E-state index contributed by atoms with van der Waals surface area (Å²) in [7, 11) is 0. The quantitative estimate of drug-likeness (QED) is 0.511.